The third-order valence-electron chi connectivity index (χ3n) is 4.67. The molecule has 10 heteroatoms. The molecule has 1 aliphatic heterocycles. The van der Waals surface area contributed by atoms with Crippen LogP contribution in [0.3, 0.4) is 0 Å². The van der Waals surface area contributed by atoms with Crippen LogP contribution in [-0.2, 0) is 39.0 Å². The van der Waals surface area contributed by atoms with Crippen molar-refractivity contribution in [2.45, 2.75) is 78.7 Å². The Kier molecular flexibility index (Phi) is 9.08. The Balaban J connectivity index is 1.96. The van der Waals surface area contributed by atoms with Crippen molar-refractivity contribution < 1.29 is 41.9 Å². The van der Waals surface area contributed by atoms with Crippen molar-refractivity contribution in [3.05, 3.63) is 23.8 Å². The average Bonchev–Trinajstić information content (AvgIpc) is 2.68. The standard InChI is InChI=1S/C22H32O9Si/c1-6-7-11-22(5)27-15-19-14-20(9-10-21(19)28-22)26-12-8-13-32(29-16(2)23,30-17(3)24)31-18(4)25/h9-10,14H,6-8,11-13,15H2,1-5H3. The van der Waals surface area contributed by atoms with E-state index in [0.29, 0.717) is 18.8 Å². The van der Waals surface area contributed by atoms with E-state index in [9.17, 15) is 14.4 Å². The summed E-state index contributed by atoms with van der Waals surface area (Å²) >= 11 is 0. The summed E-state index contributed by atoms with van der Waals surface area (Å²) in [7, 11) is -3.84. The Morgan fingerprint density at radius 2 is 1.66 bits per heavy atom. The molecule has 2 rings (SSSR count). The smallest absolute Gasteiger partial charge is 0.494 e. The SMILES string of the molecule is CCCCC1(C)OCc2cc(OCCC[Si](OC(C)=O)(OC(C)=O)OC(C)=O)ccc2O1. The first-order valence-electron chi connectivity index (χ1n) is 10.7. The van der Waals surface area contributed by atoms with Gasteiger partial charge < -0.3 is 27.5 Å². The molecule has 1 aliphatic rings. The molecule has 0 fully saturated rings. The van der Waals surface area contributed by atoms with Gasteiger partial charge in [0.1, 0.15) is 11.5 Å². The summed E-state index contributed by atoms with van der Waals surface area (Å²) in [5.74, 6) is -1.31. The van der Waals surface area contributed by atoms with Gasteiger partial charge in [-0.2, -0.15) is 0 Å². The lowest BCUT2D eigenvalue weighted by molar-refractivity contribution is -0.198. The van der Waals surface area contributed by atoms with Gasteiger partial charge in [-0.1, -0.05) is 13.3 Å². The third-order valence-corrected chi connectivity index (χ3v) is 7.43. The molecule has 0 radical (unpaired) electrons. The Labute approximate surface area is 189 Å². The fraction of sp³-hybridized carbons (Fsp3) is 0.591. The van der Waals surface area contributed by atoms with Crippen LogP contribution >= 0.6 is 0 Å². The second-order valence-electron chi connectivity index (χ2n) is 7.81. The van der Waals surface area contributed by atoms with Crippen molar-refractivity contribution in [1.82, 2.24) is 0 Å². The number of rotatable bonds is 11. The van der Waals surface area contributed by atoms with Gasteiger partial charge >= 0.3 is 8.80 Å². The number of ether oxygens (including phenoxy) is 3. The van der Waals surface area contributed by atoms with E-state index in [4.69, 9.17) is 27.5 Å². The van der Waals surface area contributed by atoms with Gasteiger partial charge in [0.25, 0.3) is 17.9 Å². The lowest BCUT2D eigenvalue weighted by Crippen LogP contribution is -2.49. The molecule has 0 spiro atoms. The van der Waals surface area contributed by atoms with E-state index in [1.165, 1.54) is 0 Å². The molecule has 1 unspecified atom stereocenters. The number of carbonyl (C=O) groups is 3. The fourth-order valence-corrected chi connectivity index (χ4v) is 5.65. The lowest BCUT2D eigenvalue weighted by Gasteiger charge is -2.35. The number of fused-ring (bicyclic) bond motifs is 1. The zero-order chi connectivity index (χ0) is 23.8. The van der Waals surface area contributed by atoms with Crippen LogP contribution in [-0.4, -0.2) is 39.1 Å². The zero-order valence-corrected chi connectivity index (χ0v) is 20.4. The van der Waals surface area contributed by atoms with E-state index < -0.39 is 32.5 Å². The van der Waals surface area contributed by atoms with Gasteiger partial charge in [-0.3, -0.25) is 14.4 Å². The summed E-state index contributed by atoms with van der Waals surface area (Å²) in [6.45, 7) is 8.21. The molecular weight excluding hydrogens is 436 g/mol. The molecule has 178 valence electrons. The van der Waals surface area contributed by atoms with Crippen molar-refractivity contribution in [2.24, 2.45) is 0 Å². The molecule has 0 saturated heterocycles. The molecule has 1 aromatic rings. The third kappa shape index (κ3) is 7.83. The number of carbonyl (C=O) groups excluding carboxylic acids is 3. The van der Waals surface area contributed by atoms with Crippen LogP contribution in [0, 0.1) is 0 Å². The van der Waals surface area contributed by atoms with Gasteiger partial charge in [0.05, 0.1) is 19.3 Å². The molecule has 0 bridgehead atoms. The zero-order valence-electron chi connectivity index (χ0n) is 19.4. The van der Waals surface area contributed by atoms with Crippen molar-refractivity contribution in [3.8, 4) is 11.5 Å². The highest BCUT2D eigenvalue weighted by Gasteiger charge is 2.51. The number of benzene rings is 1. The Morgan fingerprint density at radius 1 is 1.03 bits per heavy atom. The van der Waals surface area contributed by atoms with E-state index in [-0.39, 0.29) is 12.7 Å². The second kappa shape index (κ2) is 11.3. The van der Waals surface area contributed by atoms with Crippen LogP contribution < -0.4 is 9.47 Å². The summed E-state index contributed by atoms with van der Waals surface area (Å²) in [6.07, 6.45) is 3.24. The predicted molar refractivity (Wildman–Crippen MR) is 116 cm³/mol. The normalized spacial score (nSPS) is 17.5. The summed E-state index contributed by atoms with van der Waals surface area (Å²) in [6, 6.07) is 5.56. The minimum atomic E-state index is -3.84. The molecule has 0 aromatic heterocycles. The van der Waals surface area contributed by atoms with Crippen LogP contribution in [0.25, 0.3) is 0 Å². The van der Waals surface area contributed by atoms with E-state index in [2.05, 4.69) is 6.92 Å². The summed E-state index contributed by atoms with van der Waals surface area (Å²) in [5.41, 5.74) is 0.889. The maximum absolute atomic E-state index is 11.5. The molecule has 32 heavy (non-hydrogen) atoms. The molecule has 9 nitrogen and oxygen atoms in total. The van der Waals surface area contributed by atoms with Crippen LogP contribution in [0.4, 0.5) is 0 Å². The highest BCUT2D eigenvalue weighted by molar-refractivity contribution is 6.65. The van der Waals surface area contributed by atoms with Gasteiger partial charge in [0.2, 0.25) is 5.79 Å². The largest absolute Gasteiger partial charge is 0.705 e. The molecule has 1 atom stereocenters. The summed E-state index contributed by atoms with van der Waals surface area (Å²) in [5, 5.41) is 0. The van der Waals surface area contributed by atoms with Crippen LogP contribution in [0.5, 0.6) is 11.5 Å². The second-order valence-corrected chi connectivity index (χ2v) is 10.3. The summed E-state index contributed by atoms with van der Waals surface area (Å²) < 4.78 is 33.2. The lowest BCUT2D eigenvalue weighted by atomic mass is 10.1. The number of unbranched alkanes of at least 4 members (excludes halogenated alkanes) is 1. The maximum Gasteiger partial charge on any atom is 0.705 e. The van der Waals surface area contributed by atoms with Gasteiger partial charge in [-0.25, -0.2) is 0 Å². The fourth-order valence-electron chi connectivity index (χ4n) is 3.32. The monoisotopic (exact) mass is 468 g/mol. The first-order valence-corrected chi connectivity index (χ1v) is 12.7. The minimum Gasteiger partial charge on any atom is -0.494 e. The molecule has 1 aromatic carbocycles. The highest BCUT2D eigenvalue weighted by atomic mass is 28.4. The van der Waals surface area contributed by atoms with Crippen molar-refractivity contribution in [2.75, 3.05) is 6.61 Å². The van der Waals surface area contributed by atoms with Gasteiger partial charge in [-0.15, -0.1) is 0 Å². The van der Waals surface area contributed by atoms with E-state index >= 15 is 0 Å². The van der Waals surface area contributed by atoms with Crippen LogP contribution in [0.15, 0.2) is 18.2 Å². The average molecular weight is 469 g/mol. The first-order chi connectivity index (χ1) is 15.1. The highest BCUT2D eigenvalue weighted by Crippen LogP contribution is 2.36. The summed E-state index contributed by atoms with van der Waals surface area (Å²) in [4.78, 5) is 34.5. The van der Waals surface area contributed by atoms with E-state index in [1.807, 2.05) is 19.1 Å². The van der Waals surface area contributed by atoms with E-state index in [1.54, 1.807) is 6.07 Å². The number of hydrogen-bond acceptors (Lipinski definition) is 9. The Morgan fingerprint density at radius 3 is 2.22 bits per heavy atom. The number of hydrogen-bond donors (Lipinski definition) is 0. The molecule has 1 heterocycles. The predicted octanol–water partition coefficient (Wildman–Crippen LogP) is 3.90. The molecule has 0 saturated carbocycles. The minimum absolute atomic E-state index is 0.0543. The quantitative estimate of drug-likeness (QED) is 0.353. The molecule has 0 amide bonds. The molecular formula is C22H32O9Si. The van der Waals surface area contributed by atoms with Gasteiger partial charge in [0, 0.05) is 39.7 Å². The van der Waals surface area contributed by atoms with Crippen LogP contribution in [0.1, 0.15) is 65.9 Å². The van der Waals surface area contributed by atoms with Gasteiger partial charge in [0.15, 0.2) is 0 Å². The van der Waals surface area contributed by atoms with Crippen molar-refractivity contribution in [1.29, 1.82) is 0 Å². The van der Waals surface area contributed by atoms with Crippen molar-refractivity contribution >= 4 is 26.7 Å². The Bertz CT molecular complexity index is 785. The van der Waals surface area contributed by atoms with Crippen molar-refractivity contribution in [3.63, 3.8) is 0 Å². The Hall–Kier alpha value is -2.59. The molecule has 0 N–H and O–H groups in total. The van der Waals surface area contributed by atoms with E-state index in [0.717, 1.165) is 51.3 Å². The first kappa shape index (κ1) is 25.7. The van der Waals surface area contributed by atoms with Crippen LogP contribution in [0.2, 0.25) is 6.04 Å². The topological polar surface area (TPSA) is 107 Å². The molecule has 0 aliphatic carbocycles. The van der Waals surface area contributed by atoms with Gasteiger partial charge in [-0.05, 0) is 31.0 Å². The maximum atomic E-state index is 11.5.